The van der Waals surface area contributed by atoms with Gasteiger partial charge in [-0.3, -0.25) is 4.90 Å². The van der Waals surface area contributed by atoms with Crippen molar-refractivity contribution in [3.05, 3.63) is 0 Å². The minimum atomic E-state index is 0.233. The van der Waals surface area contributed by atoms with Gasteiger partial charge in [-0.25, -0.2) is 0 Å². The topological polar surface area (TPSA) is 33.7 Å². The summed E-state index contributed by atoms with van der Waals surface area (Å²) in [5, 5.41) is 3.51. The van der Waals surface area contributed by atoms with Crippen LogP contribution in [0.15, 0.2) is 0 Å². The maximum absolute atomic E-state index is 5.52. The molecule has 96 valence electrons. The van der Waals surface area contributed by atoms with Crippen LogP contribution in [0, 0.1) is 0 Å². The zero-order valence-electron chi connectivity index (χ0n) is 11.1. The summed E-state index contributed by atoms with van der Waals surface area (Å²) >= 11 is 0. The molecule has 4 nitrogen and oxygen atoms in total. The van der Waals surface area contributed by atoms with Crippen LogP contribution in [0.3, 0.4) is 0 Å². The summed E-state index contributed by atoms with van der Waals surface area (Å²) in [5.41, 5.74) is 0.233. The molecule has 0 aliphatic carbocycles. The Morgan fingerprint density at radius 1 is 1.31 bits per heavy atom. The highest BCUT2D eigenvalue weighted by Crippen LogP contribution is 2.17. The van der Waals surface area contributed by atoms with Gasteiger partial charge in [-0.15, -0.1) is 0 Å². The van der Waals surface area contributed by atoms with Gasteiger partial charge in [0.1, 0.15) is 0 Å². The molecule has 0 aromatic rings. The van der Waals surface area contributed by atoms with Crippen LogP contribution in [-0.2, 0) is 9.47 Å². The number of nitrogens with one attached hydrogen (secondary N) is 1. The first-order valence-corrected chi connectivity index (χ1v) is 6.11. The molecule has 1 rings (SSSR count). The highest BCUT2D eigenvalue weighted by atomic mass is 16.5. The molecule has 1 saturated heterocycles. The first kappa shape index (κ1) is 13.9. The van der Waals surface area contributed by atoms with Crippen molar-refractivity contribution in [2.75, 3.05) is 46.6 Å². The molecule has 1 fully saturated rings. The average molecular weight is 230 g/mol. The van der Waals surface area contributed by atoms with Crippen LogP contribution in [-0.4, -0.2) is 63.0 Å². The number of nitrogens with zero attached hydrogens (tertiary/aromatic N) is 1. The van der Waals surface area contributed by atoms with Gasteiger partial charge in [-0.05, 0) is 20.8 Å². The van der Waals surface area contributed by atoms with Crippen LogP contribution >= 0.6 is 0 Å². The Hall–Kier alpha value is -0.160. The highest BCUT2D eigenvalue weighted by molar-refractivity contribution is 4.91. The highest BCUT2D eigenvalue weighted by Gasteiger charge is 2.31. The Bertz CT molecular complexity index is 197. The molecule has 1 aliphatic heterocycles. The Balaban J connectivity index is 2.22. The first-order chi connectivity index (χ1) is 7.56. The normalized spacial score (nSPS) is 25.9. The SMILES string of the molecule is COCCOCCN1CC(C)NCC1(C)C. The fourth-order valence-electron chi connectivity index (χ4n) is 1.99. The van der Waals surface area contributed by atoms with Crippen LogP contribution in [0.4, 0.5) is 0 Å². The maximum atomic E-state index is 5.52. The number of ether oxygens (including phenoxy) is 2. The van der Waals surface area contributed by atoms with Crippen molar-refractivity contribution in [1.82, 2.24) is 10.2 Å². The second-order valence-electron chi connectivity index (χ2n) is 5.15. The van der Waals surface area contributed by atoms with E-state index in [2.05, 4.69) is 31.0 Å². The quantitative estimate of drug-likeness (QED) is 0.682. The lowest BCUT2D eigenvalue weighted by Crippen LogP contribution is -2.61. The Kier molecular flexibility index (Phi) is 5.69. The lowest BCUT2D eigenvalue weighted by atomic mass is 9.98. The third-order valence-corrected chi connectivity index (χ3v) is 3.17. The lowest BCUT2D eigenvalue weighted by molar-refractivity contribution is 0.0174. The van der Waals surface area contributed by atoms with E-state index in [0.717, 1.165) is 26.2 Å². The van der Waals surface area contributed by atoms with E-state index >= 15 is 0 Å². The lowest BCUT2D eigenvalue weighted by Gasteiger charge is -2.45. The molecule has 4 heteroatoms. The van der Waals surface area contributed by atoms with Crippen molar-refractivity contribution < 1.29 is 9.47 Å². The van der Waals surface area contributed by atoms with Crippen molar-refractivity contribution in [3.63, 3.8) is 0 Å². The molecule has 16 heavy (non-hydrogen) atoms. The minimum Gasteiger partial charge on any atom is -0.382 e. The van der Waals surface area contributed by atoms with Crippen molar-refractivity contribution in [1.29, 1.82) is 0 Å². The largest absolute Gasteiger partial charge is 0.382 e. The molecule has 0 aromatic carbocycles. The predicted octanol–water partition coefficient (Wildman–Crippen LogP) is 0.722. The predicted molar refractivity (Wildman–Crippen MR) is 65.8 cm³/mol. The monoisotopic (exact) mass is 230 g/mol. The molecule has 0 saturated carbocycles. The summed E-state index contributed by atoms with van der Waals surface area (Å²) in [4.78, 5) is 2.50. The third kappa shape index (κ3) is 4.37. The van der Waals surface area contributed by atoms with Crippen LogP contribution < -0.4 is 5.32 Å². The van der Waals surface area contributed by atoms with E-state index in [1.165, 1.54) is 0 Å². The van der Waals surface area contributed by atoms with E-state index in [1.807, 2.05) is 0 Å². The van der Waals surface area contributed by atoms with Gasteiger partial charge in [0.05, 0.1) is 19.8 Å². The molecule has 0 bridgehead atoms. The Morgan fingerprint density at radius 2 is 2.06 bits per heavy atom. The van der Waals surface area contributed by atoms with E-state index in [9.17, 15) is 0 Å². The Labute approximate surface area is 99.3 Å². The van der Waals surface area contributed by atoms with Gasteiger partial charge in [0, 0.05) is 38.3 Å². The zero-order chi connectivity index (χ0) is 12.0. The van der Waals surface area contributed by atoms with Crippen molar-refractivity contribution in [2.24, 2.45) is 0 Å². The van der Waals surface area contributed by atoms with Crippen LogP contribution in [0.2, 0.25) is 0 Å². The molecular weight excluding hydrogens is 204 g/mol. The molecule has 1 N–H and O–H groups in total. The molecule has 0 amide bonds. The summed E-state index contributed by atoms with van der Waals surface area (Å²) in [5.74, 6) is 0. The molecule has 0 aromatic heterocycles. The average Bonchev–Trinajstić information content (AvgIpc) is 2.23. The van der Waals surface area contributed by atoms with Crippen LogP contribution in [0.5, 0.6) is 0 Å². The zero-order valence-corrected chi connectivity index (χ0v) is 11.1. The maximum Gasteiger partial charge on any atom is 0.0700 e. The van der Waals surface area contributed by atoms with E-state index < -0.39 is 0 Å². The summed E-state index contributed by atoms with van der Waals surface area (Å²) in [6.07, 6.45) is 0. The van der Waals surface area contributed by atoms with Gasteiger partial charge >= 0.3 is 0 Å². The van der Waals surface area contributed by atoms with Crippen LogP contribution in [0.1, 0.15) is 20.8 Å². The minimum absolute atomic E-state index is 0.233. The number of hydrogen-bond acceptors (Lipinski definition) is 4. The van der Waals surface area contributed by atoms with Gasteiger partial charge < -0.3 is 14.8 Å². The summed E-state index contributed by atoms with van der Waals surface area (Å²) in [7, 11) is 1.70. The van der Waals surface area contributed by atoms with Gasteiger partial charge in [0.25, 0.3) is 0 Å². The molecule has 0 radical (unpaired) electrons. The third-order valence-electron chi connectivity index (χ3n) is 3.17. The van der Waals surface area contributed by atoms with Gasteiger partial charge in [0.2, 0.25) is 0 Å². The first-order valence-electron chi connectivity index (χ1n) is 6.11. The molecular formula is C12H26N2O2. The summed E-state index contributed by atoms with van der Waals surface area (Å²) < 4.78 is 10.5. The number of methoxy groups -OCH3 is 1. The van der Waals surface area contributed by atoms with Crippen molar-refractivity contribution in [2.45, 2.75) is 32.4 Å². The van der Waals surface area contributed by atoms with E-state index in [4.69, 9.17) is 9.47 Å². The van der Waals surface area contributed by atoms with Gasteiger partial charge in [-0.1, -0.05) is 0 Å². The molecule has 1 aliphatic rings. The Morgan fingerprint density at radius 3 is 2.75 bits per heavy atom. The second kappa shape index (κ2) is 6.55. The fraction of sp³-hybridized carbons (Fsp3) is 1.00. The van der Waals surface area contributed by atoms with Gasteiger partial charge in [-0.2, -0.15) is 0 Å². The number of hydrogen-bond donors (Lipinski definition) is 1. The standard InChI is InChI=1S/C12H26N2O2/c1-11-9-14(12(2,3)10-13-11)5-6-16-8-7-15-4/h11,13H,5-10H2,1-4H3. The smallest absolute Gasteiger partial charge is 0.0700 e. The fourth-order valence-corrected chi connectivity index (χ4v) is 1.99. The summed E-state index contributed by atoms with van der Waals surface area (Å²) in [6.45, 7) is 12.1. The van der Waals surface area contributed by atoms with Crippen molar-refractivity contribution in [3.8, 4) is 0 Å². The van der Waals surface area contributed by atoms with E-state index in [-0.39, 0.29) is 5.54 Å². The summed E-state index contributed by atoms with van der Waals surface area (Å²) in [6, 6.07) is 0.576. The molecule has 1 atom stereocenters. The van der Waals surface area contributed by atoms with Crippen molar-refractivity contribution >= 4 is 0 Å². The van der Waals surface area contributed by atoms with E-state index in [1.54, 1.807) is 7.11 Å². The molecule has 1 unspecified atom stereocenters. The molecule has 0 spiro atoms. The van der Waals surface area contributed by atoms with Gasteiger partial charge in [0.15, 0.2) is 0 Å². The number of piperazine rings is 1. The van der Waals surface area contributed by atoms with Crippen LogP contribution in [0.25, 0.3) is 0 Å². The number of rotatable bonds is 6. The van der Waals surface area contributed by atoms with E-state index in [0.29, 0.717) is 19.3 Å². The second-order valence-corrected chi connectivity index (χ2v) is 5.15. The molecule has 1 heterocycles.